The Labute approximate surface area is 448 Å². The van der Waals surface area contributed by atoms with Crippen LogP contribution < -0.4 is 0 Å². The van der Waals surface area contributed by atoms with Gasteiger partial charge >= 0.3 is 0 Å². The zero-order valence-corrected chi connectivity index (χ0v) is 44.8. The Hall–Kier alpha value is -7.56. The van der Waals surface area contributed by atoms with Crippen LogP contribution in [-0.2, 0) is 31.3 Å². The molecule has 2 heterocycles. The first kappa shape index (κ1) is 48.7. The van der Waals surface area contributed by atoms with E-state index in [9.17, 15) is 9.90 Å². The van der Waals surface area contributed by atoms with Gasteiger partial charge in [-0.05, 0) is 124 Å². The maximum Gasteiger partial charge on any atom is 0.162 e. The molecule has 8 aromatic carbocycles. The fraction of sp³-hybridized carbons (Fsp3) is 0.174. The first-order valence-electron chi connectivity index (χ1n) is 25.6. The quantitative estimate of drug-likeness (QED) is 0.131. The number of rotatable bonds is 11. The molecule has 0 saturated heterocycles. The Morgan fingerprint density at radius 3 is 1.45 bits per heavy atom. The number of Topliss-reactive ketones (excluding diaryl/α,β-unsaturated/α-hetero) is 1. The van der Waals surface area contributed by atoms with Crippen molar-refractivity contribution in [3.8, 4) is 78.1 Å². The van der Waals surface area contributed by atoms with Crippen LogP contribution in [0.1, 0.15) is 57.0 Å². The van der Waals surface area contributed by atoms with Gasteiger partial charge in [0, 0.05) is 59.7 Å². The van der Waals surface area contributed by atoms with E-state index in [2.05, 4.69) is 235 Å². The van der Waals surface area contributed by atoms with Gasteiger partial charge in [0.05, 0.1) is 0 Å². The third kappa shape index (κ3) is 8.43. The van der Waals surface area contributed by atoms with Crippen molar-refractivity contribution in [2.24, 2.45) is 16.7 Å². The summed E-state index contributed by atoms with van der Waals surface area (Å²) in [6, 6.07) is 73.8. The Bertz CT molecular complexity index is 3660. The van der Waals surface area contributed by atoms with Crippen molar-refractivity contribution in [2.75, 3.05) is 0 Å². The average molecular weight is 1140 g/mol. The molecule has 365 valence electrons. The number of aromatic nitrogens is 2. The van der Waals surface area contributed by atoms with Gasteiger partial charge in [-0.1, -0.05) is 176 Å². The van der Waals surface area contributed by atoms with E-state index in [-0.39, 0.29) is 42.6 Å². The topological polar surface area (TPSA) is 63.1 Å². The third-order valence-electron chi connectivity index (χ3n) is 16.7. The van der Waals surface area contributed by atoms with Crippen molar-refractivity contribution >= 4 is 27.3 Å². The molecule has 2 atom stereocenters. The molecule has 2 bridgehead atoms. The summed E-state index contributed by atoms with van der Waals surface area (Å²) in [5.41, 5.74) is 17.8. The normalized spacial score (nSPS) is 16.7. The molecular formula is C69H56IrN2O2-2. The number of pyridine rings is 2. The van der Waals surface area contributed by atoms with Crippen LogP contribution in [0, 0.1) is 42.7 Å². The van der Waals surface area contributed by atoms with Crippen LogP contribution in [0.5, 0.6) is 0 Å². The second-order valence-corrected chi connectivity index (χ2v) is 21.0. The van der Waals surface area contributed by atoms with Crippen molar-refractivity contribution in [1.29, 1.82) is 0 Å². The Kier molecular flexibility index (Phi) is 12.7. The molecule has 2 unspecified atom stereocenters. The van der Waals surface area contributed by atoms with Crippen molar-refractivity contribution < 1.29 is 30.0 Å². The fourth-order valence-electron chi connectivity index (χ4n) is 12.2. The fourth-order valence-corrected chi connectivity index (χ4v) is 12.2. The largest absolute Gasteiger partial charge is 0.511 e. The van der Waals surface area contributed by atoms with Gasteiger partial charge in [0.25, 0.3) is 0 Å². The van der Waals surface area contributed by atoms with E-state index in [4.69, 9.17) is 9.97 Å². The minimum Gasteiger partial charge on any atom is -0.511 e. The summed E-state index contributed by atoms with van der Waals surface area (Å²) in [5, 5.41) is 16.2. The maximum absolute atomic E-state index is 14.2. The Morgan fingerprint density at radius 1 is 0.554 bits per heavy atom. The van der Waals surface area contributed by atoms with E-state index >= 15 is 0 Å². The summed E-state index contributed by atoms with van der Waals surface area (Å²) in [6.45, 7) is 10.7. The number of carbonyl (C=O) groups excluding carboxylic acids is 1. The minimum atomic E-state index is -0.356. The van der Waals surface area contributed by atoms with Crippen LogP contribution in [0.3, 0.4) is 0 Å². The second kappa shape index (κ2) is 19.4. The van der Waals surface area contributed by atoms with E-state index in [0.717, 1.165) is 129 Å². The number of aliphatic hydroxyl groups is 1. The maximum atomic E-state index is 14.2. The van der Waals surface area contributed by atoms with Gasteiger partial charge in [0.2, 0.25) is 0 Å². The Morgan fingerprint density at radius 2 is 0.986 bits per heavy atom. The first-order chi connectivity index (χ1) is 35.4. The minimum absolute atomic E-state index is 0. The predicted molar refractivity (Wildman–Crippen MR) is 300 cm³/mol. The van der Waals surface area contributed by atoms with Crippen molar-refractivity contribution in [1.82, 2.24) is 9.97 Å². The number of benzene rings is 8. The van der Waals surface area contributed by atoms with Gasteiger partial charge in [-0.2, -0.15) is 0 Å². The van der Waals surface area contributed by atoms with Gasteiger partial charge < -0.3 is 15.1 Å². The summed E-state index contributed by atoms with van der Waals surface area (Å²) < 4.78 is 0. The van der Waals surface area contributed by atoms with Crippen molar-refractivity contribution in [3.05, 3.63) is 228 Å². The summed E-state index contributed by atoms with van der Waals surface area (Å²) in [5.74, 6) is 0.471. The van der Waals surface area contributed by atoms with Crippen LogP contribution >= 0.6 is 0 Å². The molecule has 74 heavy (non-hydrogen) atoms. The SMILES string of the molecule is Cc1nc(-c2[c-]cc(-c3ccccc3-c3cc(-c4ccccc4CCC(=O)C4=C(O)C5(C)CCC4C5(C)C)cc(-c4ccccc4-c4c[c-]c(-c5cc6ccccc6c(C)n5)cc4)c3)cc2)cc2ccccc12.[Ir]. The number of nitrogens with zero attached hydrogens (tertiary/aromatic N) is 2. The number of hydrogen-bond donors (Lipinski definition) is 1. The smallest absolute Gasteiger partial charge is 0.162 e. The van der Waals surface area contributed by atoms with Crippen LogP contribution in [0.4, 0.5) is 0 Å². The van der Waals surface area contributed by atoms with Crippen LogP contribution in [0.15, 0.2) is 199 Å². The molecule has 12 rings (SSSR count). The summed E-state index contributed by atoms with van der Waals surface area (Å²) in [7, 11) is 0. The van der Waals surface area contributed by atoms with E-state index in [0.29, 0.717) is 24.2 Å². The molecule has 1 fully saturated rings. The zero-order chi connectivity index (χ0) is 50.0. The second-order valence-electron chi connectivity index (χ2n) is 21.0. The van der Waals surface area contributed by atoms with Crippen molar-refractivity contribution in [3.63, 3.8) is 0 Å². The van der Waals surface area contributed by atoms with Gasteiger partial charge in [-0.25, -0.2) is 0 Å². The number of aryl methyl sites for hydroxylation is 3. The van der Waals surface area contributed by atoms with E-state index in [1.54, 1.807) is 0 Å². The van der Waals surface area contributed by atoms with E-state index < -0.39 is 0 Å². The van der Waals surface area contributed by atoms with Crippen LogP contribution in [-0.4, -0.2) is 20.9 Å². The van der Waals surface area contributed by atoms with E-state index in [1.165, 1.54) is 0 Å². The number of allylic oxidation sites excluding steroid dienone is 2. The van der Waals surface area contributed by atoms with Crippen LogP contribution in [0.25, 0.3) is 99.7 Å². The molecular weight excluding hydrogens is 1080 g/mol. The molecule has 0 amide bonds. The van der Waals surface area contributed by atoms with Gasteiger partial charge in [-0.15, -0.1) is 59.7 Å². The molecule has 1 radical (unpaired) electrons. The number of carbonyl (C=O) groups is 1. The molecule has 1 saturated carbocycles. The molecule has 2 aliphatic rings. The number of fused-ring (bicyclic) bond motifs is 4. The zero-order valence-electron chi connectivity index (χ0n) is 42.4. The first-order valence-corrected chi connectivity index (χ1v) is 25.6. The van der Waals surface area contributed by atoms with Crippen LogP contribution in [0.2, 0.25) is 0 Å². The molecule has 1 N–H and O–H groups in total. The standard InChI is InChI=1S/C69H56N2O2.Ir/c1-43-55-19-9-7-17-50(55)41-63(70-43)48-30-26-46(27-31-48)58-22-12-14-24-60(58)53-38-52(57-21-11-6-16-45(57)34-35-65(72)66-62-36-37-69(5,67(66)73)68(62,3)4)39-54(40-53)61-25-15-13-23-59(61)47-28-32-49(33-29-47)64-42-51-18-8-10-20-56(51)44(2)71-64;/h6-30,32,38-42,62,73H,34-37H2,1-5H3;/q-2;. The molecule has 5 heteroatoms. The van der Waals surface area contributed by atoms with Gasteiger partial charge in [-0.3, -0.25) is 4.79 Å². The molecule has 2 aliphatic carbocycles. The molecule has 0 aliphatic heterocycles. The van der Waals surface area contributed by atoms with Gasteiger partial charge in [0.1, 0.15) is 5.76 Å². The number of hydrogen-bond acceptors (Lipinski definition) is 4. The summed E-state index contributed by atoms with van der Waals surface area (Å²) >= 11 is 0. The molecule has 0 spiro atoms. The Balaban J connectivity index is 0.00000588. The average Bonchev–Trinajstić information content (AvgIpc) is 3.75. The number of aliphatic hydroxyl groups excluding tert-OH is 1. The van der Waals surface area contributed by atoms with E-state index in [1.807, 2.05) is 0 Å². The molecule has 2 aromatic heterocycles. The monoisotopic (exact) mass is 1140 g/mol. The van der Waals surface area contributed by atoms with Crippen molar-refractivity contribution in [2.45, 2.75) is 60.3 Å². The third-order valence-corrected chi connectivity index (χ3v) is 16.7. The molecule has 4 nitrogen and oxygen atoms in total. The molecule has 10 aromatic rings. The summed E-state index contributed by atoms with van der Waals surface area (Å²) in [6.07, 6.45) is 2.75. The summed E-state index contributed by atoms with van der Waals surface area (Å²) in [4.78, 5) is 24.2. The predicted octanol–water partition coefficient (Wildman–Crippen LogP) is 17.4. The van der Waals surface area contributed by atoms with Gasteiger partial charge in [0.15, 0.2) is 5.78 Å². The number of ketones is 1.